The Labute approximate surface area is 91.3 Å². The van der Waals surface area contributed by atoms with Gasteiger partial charge in [-0.05, 0) is 6.92 Å². The molecular weight excluding hydrogens is 262 g/mol. The zero-order chi connectivity index (χ0) is 11.7. The molecule has 1 heterocycles. The van der Waals surface area contributed by atoms with Crippen molar-refractivity contribution in [2.24, 2.45) is 5.14 Å². The molecule has 7 nitrogen and oxygen atoms in total. The minimum Gasteiger partial charge on any atom is -0.229 e. The van der Waals surface area contributed by atoms with Crippen molar-refractivity contribution in [1.29, 1.82) is 0 Å². The Hall–Kier alpha value is -0.580. The van der Waals surface area contributed by atoms with E-state index in [1.54, 1.807) is 6.92 Å². The van der Waals surface area contributed by atoms with E-state index >= 15 is 0 Å². The lowest BCUT2D eigenvalue weighted by atomic mass is 10.9. The number of hydrogen-bond donors (Lipinski definition) is 1. The number of hydrogen-bond acceptors (Lipinski definition) is 7. The number of aryl methyl sites for hydroxylation is 1. The van der Waals surface area contributed by atoms with Crippen LogP contribution < -0.4 is 5.14 Å². The zero-order valence-electron chi connectivity index (χ0n) is 7.74. The average Bonchev–Trinajstić information content (AvgIpc) is 2.48. The molecule has 0 aliphatic heterocycles. The smallest absolute Gasteiger partial charge is 0.229 e. The standard InChI is InChI=1S/C5H9N3O4S3/c1-4-7-8-5(13-4)14(9,10)2-3-15(6,11)12/h2-3H2,1H3,(H2,6,11,12). The maximum absolute atomic E-state index is 11.5. The van der Waals surface area contributed by atoms with Crippen molar-refractivity contribution in [2.45, 2.75) is 11.3 Å². The van der Waals surface area contributed by atoms with Crippen molar-refractivity contribution in [3.63, 3.8) is 0 Å². The number of aromatic nitrogens is 2. The second kappa shape index (κ2) is 4.12. The van der Waals surface area contributed by atoms with E-state index in [4.69, 9.17) is 5.14 Å². The molecule has 0 radical (unpaired) electrons. The third-order valence-corrected chi connectivity index (χ3v) is 5.44. The normalized spacial score (nSPS) is 12.9. The maximum atomic E-state index is 11.5. The molecule has 2 N–H and O–H groups in total. The van der Waals surface area contributed by atoms with Crippen LogP contribution in [-0.4, -0.2) is 38.5 Å². The van der Waals surface area contributed by atoms with Crippen LogP contribution in [0.15, 0.2) is 4.34 Å². The number of nitrogens with two attached hydrogens (primary N) is 1. The average molecular weight is 271 g/mol. The molecule has 0 amide bonds. The highest BCUT2D eigenvalue weighted by molar-refractivity contribution is 7.95. The van der Waals surface area contributed by atoms with Crippen LogP contribution in [0.4, 0.5) is 0 Å². The van der Waals surface area contributed by atoms with E-state index in [1.165, 1.54) is 0 Å². The van der Waals surface area contributed by atoms with Gasteiger partial charge in [-0.15, -0.1) is 10.2 Å². The lowest BCUT2D eigenvalue weighted by Gasteiger charge is -1.97. The van der Waals surface area contributed by atoms with Gasteiger partial charge in [0.05, 0.1) is 11.5 Å². The summed E-state index contributed by atoms with van der Waals surface area (Å²) in [5.41, 5.74) is 0. The first-order valence-electron chi connectivity index (χ1n) is 3.74. The summed E-state index contributed by atoms with van der Waals surface area (Å²) >= 11 is 0.899. The summed E-state index contributed by atoms with van der Waals surface area (Å²) in [4.78, 5) is 0. The summed E-state index contributed by atoms with van der Waals surface area (Å²) < 4.78 is 44.0. The van der Waals surface area contributed by atoms with Crippen LogP contribution in [0.2, 0.25) is 0 Å². The highest BCUT2D eigenvalue weighted by Gasteiger charge is 2.21. The summed E-state index contributed by atoms with van der Waals surface area (Å²) in [5.74, 6) is -1.19. The minimum atomic E-state index is -3.78. The third-order valence-electron chi connectivity index (χ3n) is 1.41. The quantitative estimate of drug-likeness (QED) is 0.742. The van der Waals surface area contributed by atoms with Gasteiger partial charge in [-0.2, -0.15) is 0 Å². The molecule has 0 aliphatic carbocycles. The lowest BCUT2D eigenvalue weighted by molar-refractivity contribution is 0.587. The fourth-order valence-electron chi connectivity index (χ4n) is 0.717. The van der Waals surface area contributed by atoms with Crippen LogP contribution in [0.1, 0.15) is 5.01 Å². The number of primary sulfonamides is 1. The van der Waals surface area contributed by atoms with E-state index in [1.807, 2.05) is 0 Å². The SMILES string of the molecule is Cc1nnc(S(=O)(=O)CCS(N)(=O)=O)s1. The topological polar surface area (TPSA) is 120 Å². The molecule has 0 spiro atoms. The van der Waals surface area contributed by atoms with Gasteiger partial charge in [0.2, 0.25) is 24.2 Å². The molecule has 0 saturated carbocycles. The van der Waals surface area contributed by atoms with E-state index in [-0.39, 0.29) is 4.34 Å². The van der Waals surface area contributed by atoms with Gasteiger partial charge in [-0.3, -0.25) is 0 Å². The van der Waals surface area contributed by atoms with Crippen LogP contribution in [-0.2, 0) is 19.9 Å². The Morgan fingerprint density at radius 1 is 1.20 bits per heavy atom. The molecule has 1 aromatic heterocycles. The van der Waals surface area contributed by atoms with Crippen molar-refractivity contribution in [3.8, 4) is 0 Å². The summed E-state index contributed by atoms with van der Waals surface area (Å²) in [6.07, 6.45) is 0. The van der Waals surface area contributed by atoms with Crippen LogP contribution >= 0.6 is 11.3 Å². The summed E-state index contributed by atoms with van der Waals surface area (Å²) in [6.45, 7) is 1.61. The van der Waals surface area contributed by atoms with Gasteiger partial charge in [0.25, 0.3) is 0 Å². The van der Waals surface area contributed by atoms with E-state index in [9.17, 15) is 16.8 Å². The Morgan fingerprint density at radius 2 is 1.80 bits per heavy atom. The van der Waals surface area contributed by atoms with Gasteiger partial charge >= 0.3 is 0 Å². The van der Waals surface area contributed by atoms with Crippen molar-refractivity contribution < 1.29 is 16.8 Å². The predicted octanol–water partition coefficient (Wildman–Crippen LogP) is -1.09. The molecule has 10 heteroatoms. The van der Waals surface area contributed by atoms with Crippen molar-refractivity contribution in [2.75, 3.05) is 11.5 Å². The molecule has 15 heavy (non-hydrogen) atoms. The highest BCUT2D eigenvalue weighted by atomic mass is 32.2. The van der Waals surface area contributed by atoms with E-state index in [0.29, 0.717) is 5.01 Å². The van der Waals surface area contributed by atoms with Gasteiger partial charge in [0.15, 0.2) is 0 Å². The Balaban J connectivity index is 2.86. The van der Waals surface area contributed by atoms with Crippen LogP contribution in [0, 0.1) is 6.92 Å². The molecule has 0 unspecified atom stereocenters. The van der Waals surface area contributed by atoms with Gasteiger partial charge in [0.1, 0.15) is 5.01 Å². The Bertz CT molecular complexity index is 544. The van der Waals surface area contributed by atoms with Crippen molar-refractivity contribution in [3.05, 3.63) is 5.01 Å². The molecule has 0 aromatic carbocycles. The fourth-order valence-corrected chi connectivity index (χ4v) is 4.40. The van der Waals surface area contributed by atoms with Crippen LogP contribution in [0.25, 0.3) is 0 Å². The first kappa shape index (κ1) is 12.5. The fraction of sp³-hybridized carbons (Fsp3) is 0.600. The first-order chi connectivity index (χ1) is 6.71. The van der Waals surface area contributed by atoms with E-state index in [2.05, 4.69) is 10.2 Å². The predicted molar refractivity (Wildman–Crippen MR) is 54.7 cm³/mol. The molecule has 86 valence electrons. The van der Waals surface area contributed by atoms with E-state index < -0.39 is 31.4 Å². The first-order valence-corrected chi connectivity index (χ1v) is 7.92. The zero-order valence-corrected chi connectivity index (χ0v) is 10.2. The Morgan fingerprint density at radius 3 is 2.20 bits per heavy atom. The van der Waals surface area contributed by atoms with Gasteiger partial charge < -0.3 is 0 Å². The monoisotopic (exact) mass is 271 g/mol. The molecule has 1 rings (SSSR count). The second-order valence-corrected chi connectivity index (χ2v) is 7.97. The number of nitrogens with zero attached hydrogens (tertiary/aromatic N) is 2. The largest absolute Gasteiger partial charge is 0.232 e. The minimum absolute atomic E-state index is 0.177. The molecule has 0 fully saturated rings. The van der Waals surface area contributed by atoms with Crippen LogP contribution in [0.3, 0.4) is 0 Å². The van der Waals surface area contributed by atoms with Gasteiger partial charge in [0, 0.05) is 0 Å². The van der Waals surface area contributed by atoms with Crippen LogP contribution in [0.5, 0.6) is 0 Å². The molecule has 0 aliphatic rings. The summed E-state index contributed by atoms with van der Waals surface area (Å²) in [6, 6.07) is 0. The van der Waals surface area contributed by atoms with Crippen molar-refractivity contribution in [1.82, 2.24) is 10.2 Å². The lowest BCUT2D eigenvalue weighted by Crippen LogP contribution is -2.23. The number of sulfone groups is 1. The van der Waals surface area contributed by atoms with E-state index in [0.717, 1.165) is 11.3 Å². The van der Waals surface area contributed by atoms with Gasteiger partial charge in [-0.1, -0.05) is 11.3 Å². The molecule has 0 atom stereocenters. The van der Waals surface area contributed by atoms with Gasteiger partial charge in [-0.25, -0.2) is 22.0 Å². The molecule has 0 saturated heterocycles. The Kier molecular flexibility index (Phi) is 3.43. The third kappa shape index (κ3) is 3.81. The summed E-state index contributed by atoms with van der Waals surface area (Å²) in [7, 11) is -7.47. The number of sulfonamides is 1. The second-order valence-electron chi connectivity index (χ2n) is 2.77. The summed E-state index contributed by atoms with van der Waals surface area (Å²) in [5, 5.41) is 12.2. The molecule has 0 bridgehead atoms. The van der Waals surface area contributed by atoms with Crippen molar-refractivity contribution >= 4 is 31.2 Å². The molecule has 1 aromatic rings. The highest BCUT2D eigenvalue weighted by Crippen LogP contribution is 2.15. The number of rotatable bonds is 4. The molecular formula is C5H9N3O4S3. The maximum Gasteiger partial charge on any atom is 0.232 e.